The summed E-state index contributed by atoms with van der Waals surface area (Å²) in [5.74, 6) is 0. The highest BCUT2D eigenvalue weighted by atomic mass is 35.5. The SMILES string of the molecule is CCCCCCCCCCCCCCCCCCCCCCNCC(O)O.Cl. The minimum atomic E-state index is -1.21. The Morgan fingerprint density at radius 2 is 0.786 bits per heavy atom. The number of unbranched alkanes of at least 4 members (excludes halogenated alkanes) is 19. The number of hydrogen-bond acceptors (Lipinski definition) is 3. The topological polar surface area (TPSA) is 52.5 Å². The van der Waals surface area contributed by atoms with E-state index in [-0.39, 0.29) is 12.4 Å². The first-order valence-electron chi connectivity index (χ1n) is 12.3. The molecule has 0 aromatic heterocycles. The molecule has 0 aliphatic rings. The zero-order valence-corrected chi connectivity index (χ0v) is 19.8. The summed E-state index contributed by atoms with van der Waals surface area (Å²) in [6.45, 7) is 3.48. The first-order chi connectivity index (χ1) is 13.3. The molecule has 0 heterocycles. The van der Waals surface area contributed by atoms with Crippen LogP contribution in [0.5, 0.6) is 0 Å². The minimum absolute atomic E-state index is 0. The summed E-state index contributed by atoms with van der Waals surface area (Å²) in [7, 11) is 0. The number of rotatable bonds is 23. The van der Waals surface area contributed by atoms with Gasteiger partial charge in [-0.05, 0) is 13.0 Å². The third kappa shape index (κ3) is 28.4. The van der Waals surface area contributed by atoms with Gasteiger partial charge in [-0.3, -0.25) is 0 Å². The van der Waals surface area contributed by atoms with E-state index in [0.717, 1.165) is 13.0 Å². The molecule has 3 nitrogen and oxygen atoms in total. The fraction of sp³-hybridized carbons (Fsp3) is 1.00. The Morgan fingerprint density at radius 3 is 1.07 bits per heavy atom. The van der Waals surface area contributed by atoms with Crippen LogP contribution in [0, 0.1) is 0 Å². The van der Waals surface area contributed by atoms with Gasteiger partial charge in [-0.1, -0.05) is 129 Å². The normalized spacial score (nSPS) is 11.1. The van der Waals surface area contributed by atoms with Gasteiger partial charge < -0.3 is 15.5 Å². The van der Waals surface area contributed by atoms with Crippen molar-refractivity contribution in [2.75, 3.05) is 13.1 Å². The Balaban J connectivity index is 0. The average molecular weight is 422 g/mol. The molecule has 4 heteroatoms. The summed E-state index contributed by atoms with van der Waals surface area (Å²) >= 11 is 0. The first-order valence-corrected chi connectivity index (χ1v) is 12.3. The molecule has 0 aliphatic heterocycles. The van der Waals surface area contributed by atoms with Gasteiger partial charge in [-0.2, -0.15) is 0 Å². The van der Waals surface area contributed by atoms with Gasteiger partial charge in [-0.25, -0.2) is 0 Å². The molecule has 0 aliphatic carbocycles. The lowest BCUT2D eigenvalue weighted by atomic mass is 10.0. The number of nitrogens with one attached hydrogen (secondary N) is 1. The quantitative estimate of drug-likeness (QED) is 0.121. The minimum Gasteiger partial charge on any atom is -0.367 e. The Hall–Kier alpha value is 0.170. The highest BCUT2D eigenvalue weighted by molar-refractivity contribution is 5.85. The van der Waals surface area contributed by atoms with Crippen molar-refractivity contribution in [1.29, 1.82) is 0 Å². The summed E-state index contributed by atoms with van der Waals surface area (Å²) in [6, 6.07) is 0. The zero-order chi connectivity index (χ0) is 19.8. The van der Waals surface area contributed by atoms with Crippen LogP contribution in [0.25, 0.3) is 0 Å². The van der Waals surface area contributed by atoms with Crippen molar-refractivity contribution in [3.05, 3.63) is 0 Å². The lowest BCUT2D eigenvalue weighted by molar-refractivity contribution is -0.0370. The van der Waals surface area contributed by atoms with Crippen LogP contribution in [0.1, 0.15) is 135 Å². The van der Waals surface area contributed by atoms with Crippen molar-refractivity contribution in [3.8, 4) is 0 Å². The third-order valence-corrected chi connectivity index (χ3v) is 5.53. The van der Waals surface area contributed by atoms with Crippen LogP contribution < -0.4 is 5.32 Å². The molecule has 0 saturated carbocycles. The largest absolute Gasteiger partial charge is 0.367 e. The highest BCUT2D eigenvalue weighted by Crippen LogP contribution is 2.14. The summed E-state index contributed by atoms with van der Waals surface area (Å²) in [5.41, 5.74) is 0. The van der Waals surface area contributed by atoms with Gasteiger partial charge in [0.2, 0.25) is 0 Å². The number of aliphatic hydroxyl groups excluding tert-OH is 1. The fourth-order valence-electron chi connectivity index (χ4n) is 3.74. The monoisotopic (exact) mass is 421 g/mol. The Bertz CT molecular complexity index is 265. The molecule has 0 bridgehead atoms. The van der Waals surface area contributed by atoms with Crippen molar-refractivity contribution < 1.29 is 10.2 Å². The maximum Gasteiger partial charge on any atom is 0.164 e. The molecule has 0 spiro atoms. The van der Waals surface area contributed by atoms with E-state index in [2.05, 4.69) is 12.2 Å². The van der Waals surface area contributed by atoms with E-state index in [1.54, 1.807) is 0 Å². The van der Waals surface area contributed by atoms with Crippen LogP contribution in [0.3, 0.4) is 0 Å². The molecule has 0 amide bonds. The first kappa shape index (κ1) is 30.4. The predicted octanol–water partition coefficient (Wildman–Crippen LogP) is 7.13. The van der Waals surface area contributed by atoms with E-state index in [9.17, 15) is 0 Å². The zero-order valence-electron chi connectivity index (χ0n) is 18.9. The Morgan fingerprint density at radius 1 is 0.500 bits per heavy atom. The molecule has 0 aromatic rings. The molecule has 0 saturated heterocycles. The van der Waals surface area contributed by atoms with Crippen LogP contribution in [0.15, 0.2) is 0 Å². The molecule has 0 atom stereocenters. The van der Waals surface area contributed by atoms with E-state index in [4.69, 9.17) is 10.2 Å². The summed E-state index contributed by atoms with van der Waals surface area (Å²) in [4.78, 5) is 0. The van der Waals surface area contributed by atoms with Crippen LogP contribution in [0.2, 0.25) is 0 Å². The Kier molecular flexibility index (Phi) is 29.5. The van der Waals surface area contributed by atoms with Crippen molar-refractivity contribution in [1.82, 2.24) is 5.32 Å². The third-order valence-electron chi connectivity index (χ3n) is 5.53. The van der Waals surface area contributed by atoms with Crippen LogP contribution in [-0.2, 0) is 0 Å². The molecule has 0 radical (unpaired) electrons. The van der Waals surface area contributed by atoms with Crippen LogP contribution in [-0.4, -0.2) is 29.6 Å². The van der Waals surface area contributed by atoms with Crippen molar-refractivity contribution >= 4 is 12.4 Å². The van der Waals surface area contributed by atoms with Gasteiger partial charge >= 0.3 is 0 Å². The van der Waals surface area contributed by atoms with Gasteiger partial charge in [0.25, 0.3) is 0 Å². The van der Waals surface area contributed by atoms with Crippen LogP contribution in [0.4, 0.5) is 0 Å². The lowest BCUT2D eigenvalue weighted by Crippen LogP contribution is -2.26. The van der Waals surface area contributed by atoms with E-state index >= 15 is 0 Å². The smallest absolute Gasteiger partial charge is 0.164 e. The van der Waals surface area contributed by atoms with Crippen molar-refractivity contribution in [2.45, 2.75) is 142 Å². The second-order valence-electron chi connectivity index (χ2n) is 8.40. The fourth-order valence-corrected chi connectivity index (χ4v) is 3.74. The second-order valence-corrected chi connectivity index (χ2v) is 8.40. The molecular weight excluding hydrogens is 370 g/mol. The van der Waals surface area contributed by atoms with Gasteiger partial charge in [0.05, 0.1) is 0 Å². The number of hydrogen-bond donors (Lipinski definition) is 3. The highest BCUT2D eigenvalue weighted by Gasteiger charge is 1.97. The molecule has 0 rings (SSSR count). The molecule has 0 aromatic carbocycles. The predicted molar refractivity (Wildman–Crippen MR) is 126 cm³/mol. The summed E-state index contributed by atoms with van der Waals surface area (Å²) < 4.78 is 0. The van der Waals surface area contributed by atoms with Gasteiger partial charge in [0, 0.05) is 6.54 Å². The van der Waals surface area contributed by atoms with Gasteiger partial charge in [0.15, 0.2) is 6.29 Å². The van der Waals surface area contributed by atoms with E-state index in [0.29, 0.717) is 6.54 Å². The molecular formula is C24H52ClNO2. The molecule has 28 heavy (non-hydrogen) atoms. The van der Waals surface area contributed by atoms with E-state index < -0.39 is 6.29 Å². The maximum absolute atomic E-state index is 8.71. The molecule has 0 fully saturated rings. The number of halogens is 1. The van der Waals surface area contributed by atoms with E-state index in [1.807, 2.05) is 0 Å². The van der Waals surface area contributed by atoms with Crippen LogP contribution >= 0.6 is 12.4 Å². The molecule has 0 unspecified atom stereocenters. The number of aliphatic hydroxyl groups is 2. The average Bonchev–Trinajstić information content (AvgIpc) is 2.65. The Labute approximate surface area is 182 Å². The summed E-state index contributed by atoms with van der Waals surface area (Å²) in [5, 5.41) is 20.5. The molecule has 172 valence electrons. The maximum atomic E-state index is 8.71. The van der Waals surface area contributed by atoms with Gasteiger partial charge in [-0.15, -0.1) is 12.4 Å². The summed E-state index contributed by atoms with van der Waals surface area (Å²) in [6.07, 6.45) is 26.9. The second kappa shape index (κ2) is 27.2. The van der Waals surface area contributed by atoms with Crippen molar-refractivity contribution in [3.63, 3.8) is 0 Å². The molecule has 3 N–H and O–H groups in total. The standard InChI is InChI=1S/C24H51NO2.ClH/c1-2-3-4-5-6-7-8-9-10-11-12-13-14-15-16-17-18-19-20-21-22-25-23-24(26)27;/h24-27H,2-23H2,1H3;1H. The lowest BCUT2D eigenvalue weighted by Gasteiger charge is -2.06. The van der Waals surface area contributed by atoms with Crippen molar-refractivity contribution in [2.24, 2.45) is 0 Å². The van der Waals surface area contributed by atoms with E-state index in [1.165, 1.54) is 122 Å². The van der Waals surface area contributed by atoms with Gasteiger partial charge in [0.1, 0.15) is 0 Å².